The Morgan fingerprint density at radius 2 is 1.42 bits per heavy atom. The van der Waals surface area contributed by atoms with Gasteiger partial charge in [-0.25, -0.2) is 9.59 Å². The Labute approximate surface area is 666 Å². The number of aliphatic carboxylic acids is 3. The standard InChI is InChI=1S/C78H110N10O25S/c1-15-44(6)66(58(109-12)38-61(92)87-29-19-22-53(87)71(110-13)46(8)55(90)32-45(7)67(96)49-20-17-16-18-21-49)83(10)74(101)64(42(2)3)79-73(100)65(43(4)5)84(11)78(106)112-57(50-27-28-56(54(35-50)88(107)108)111-77-70(99)68(97)69(98)72(113-77)76(104)105)36-51-39-86(81-80-51)31-30-85(40-62(93)82(9)41-63(94)95)60(91)34-48-25-23-47(24-26-48)33-52(89)37-59(114-14)75(102)103/h16-18,20-21,23-28,35,39,42-46,53,57-59,64-72,77,96-99H,15,19,22,29-34,36-38,40-41H2,1-14H3,(H,79,100)(H,94,95)(H,102,103)(H,104,105)/t44-,45-,46-,53?,57?,58+,59?,64-,65-,66-,67+,68?,69?,70?,71+,72?,77?/m1/s1. The van der Waals surface area contributed by atoms with Gasteiger partial charge in [-0.1, -0.05) is 128 Å². The smallest absolute Gasteiger partial charge is 0.410 e. The number of carbonyl (C=O) groups excluding carboxylic acids is 8. The van der Waals surface area contributed by atoms with Crippen LogP contribution in [0.15, 0.2) is 79.0 Å². The number of nitro benzene ring substituents is 1. The average Bonchev–Trinajstić information content (AvgIpc) is 1.01. The molecule has 628 valence electrons. The van der Waals surface area contributed by atoms with E-state index < -0.39 is 192 Å². The number of nitrogens with one attached hydrogen (secondary N) is 1. The van der Waals surface area contributed by atoms with Crippen LogP contribution in [0.25, 0.3) is 0 Å². The van der Waals surface area contributed by atoms with Crippen molar-refractivity contribution in [2.45, 2.75) is 204 Å². The molecule has 1 aromatic heterocycles. The molecule has 2 aliphatic heterocycles. The number of aliphatic hydroxyl groups is 4. The molecule has 35 nitrogen and oxygen atoms in total. The van der Waals surface area contributed by atoms with Crippen molar-refractivity contribution < 1.29 is 117 Å². The van der Waals surface area contributed by atoms with Crippen LogP contribution < -0.4 is 10.1 Å². The minimum atomic E-state index is -2.16. The third kappa shape index (κ3) is 25.0. The van der Waals surface area contributed by atoms with Crippen LogP contribution in [0.5, 0.6) is 5.75 Å². The van der Waals surface area contributed by atoms with Crippen LogP contribution in [-0.4, -0.2) is 285 Å². The van der Waals surface area contributed by atoms with Gasteiger partial charge < -0.3 is 84.3 Å². The predicted octanol–water partition coefficient (Wildman–Crippen LogP) is 4.16. The van der Waals surface area contributed by atoms with Gasteiger partial charge in [-0.3, -0.25) is 62.8 Å². The molecule has 3 aromatic carbocycles. The van der Waals surface area contributed by atoms with Crippen LogP contribution in [0.1, 0.15) is 134 Å². The average molecular weight is 1620 g/mol. The number of methoxy groups -OCH3 is 2. The molecule has 0 saturated carbocycles. The van der Waals surface area contributed by atoms with E-state index in [1.54, 1.807) is 89.2 Å². The molecule has 2 saturated heterocycles. The van der Waals surface area contributed by atoms with Crippen molar-refractivity contribution in [3.05, 3.63) is 117 Å². The van der Waals surface area contributed by atoms with Gasteiger partial charge >= 0.3 is 29.7 Å². The van der Waals surface area contributed by atoms with Crippen molar-refractivity contribution in [3.8, 4) is 5.75 Å². The van der Waals surface area contributed by atoms with Gasteiger partial charge in [0, 0.05) is 92.3 Å². The quantitative estimate of drug-likeness (QED) is 0.0228. The highest BCUT2D eigenvalue weighted by atomic mass is 32.2. The lowest BCUT2D eigenvalue weighted by atomic mass is 9.85. The van der Waals surface area contributed by atoms with Crippen molar-refractivity contribution in [3.63, 3.8) is 0 Å². The van der Waals surface area contributed by atoms with Crippen LogP contribution in [0.4, 0.5) is 10.5 Å². The number of aromatic nitrogens is 3. The van der Waals surface area contributed by atoms with Crippen LogP contribution in [0.3, 0.4) is 0 Å². The number of likely N-dealkylation sites (N-methyl/N-ethyl adjacent to an activating group) is 3. The van der Waals surface area contributed by atoms with Crippen molar-refractivity contribution in [1.82, 2.24) is 44.8 Å². The van der Waals surface area contributed by atoms with Gasteiger partial charge in [-0.05, 0) is 71.1 Å². The molecule has 6 rings (SSSR count). The number of benzene rings is 3. The topological polar surface area (TPSA) is 478 Å². The van der Waals surface area contributed by atoms with Crippen LogP contribution in [0, 0.1) is 39.7 Å². The third-order valence-corrected chi connectivity index (χ3v) is 22.0. The maximum absolute atomic E-state index is 15.2. The first-order valence-electron chi connectivity index (χ1n) is 37.7. The fraction of sp³-hybridized carbons (Fsp3) is 0.603. The molecule has 2 fully saturated rings. The normalized spacial score (nSPS) is 19.8. The minimum Gasteiger partial charge on any atom is -0.480 e. The molecular weight excluding hydrogens is 1510 g/mol. The first kappa shape index (κ1) is 93.3. The van der Waals surface area contributed by atoms with Gasteiger partial charge in [0.25, 0.3) is 0 Å². The van der Waals surface area contributed by atoms with Gasteiger partial charge in [-0.2, -0.15) is 0 Å². The molecule has 8 N–H and O–H groups in total. The van der Waals surface area contributed by atoms with Crippen LogP contribution >= 0.6 is 11.8 Å². The molecular formula is C78H110N10O25S. The summed E-state index contributed by atoms with van der Waals surface area (Å²) in [6, 6.07) is 14.7. The summed E-state index contributed by atoms with van der Waals surface area (Å²) in [6.07, 6.45) is -12.4. The lowest BCUT2D eigenvalue weighted by Gasteiger charge is -2.41. The van der Waals surface area contributed by atoms with E-state index in [9.17, 15) is 93.8 Å². The molecule has 36 heteroatoms. The lowest BCUT2D eigenvalue weighted by molar-refractivity contribution is -0.387. The molecule has 114 heavy (non-hydrogen) atoms. The van der Waals surface area contributed by atoms with Gasteiger partial charge in [0.1, 0.15) is 59.9 Å². The molecule has 3 heterocycles. The number of nitrogens with zero attached hydrogens (tertiary/aromatic N) is 9. The number of ketones is 2. The predicted molar refractivity (Wildman–Crippen MR) is 411 cm³/mol. The zero-order valence-corrected chi connectivity index (χ0v) is 67.6. The number of carboxylic acids is 3. The largest absolute Gasteiger partial charge is 0.480 e. The number of amides is 6. The minimum absolute atomic E-state index is 0.0439. The molecule has 0 spiro atoms. The summed E-state index contributed by atoms with van der Waals surface area (Å²) in [5.41, 5.74) is 0.737. The molecule has 2 aliphatic rings. The second-order valence-corrected chi connectivity index (χ2v) is 31.0. The highest BCUT2D eigenvalue weighted by Gasteiger charge is 2.50. The van der Waals surface area contributed by atoms with Crippen molar-refractivity contribution in [2.24, 2.45) is 29.6 Å². The molecule has 4 aromatic rings. The van der Waals surface area contributed by atoms with E-state index in [4.69, 9.17) is 23.7 Å². The second kappa shape index (κ2) is 43.2. The summed E-state index contributed by atoms with van der Waals surface area (Å²) < 4.78 is 30.4. The number of hydrogen-bond donors (Lipinski definition) is 8. The number of ether oxygens (including phenoxy) is 5. The highest BCUT2D eigenvalue weighted by molar-refractivity contribution is 7.99. The Morgan fingerprint density at radius 3 is 1.99 bits per heavy atom. The Bertz CT molecular complexity index is 3960. The summed E-state index contributed by atoms with van der Waals surface area (Å²) in [7, 11) is 6.99. The van der Waals surface area contributed by atoms with Crippen molar-refractivity contribution >= 4 is 82.6 Å². The van der Waals surface area contributed by atoms with E-state index in [1.165, 1.54) is 50.2 Å². The highest BCUT2D eigenvalue weighted by Crippen LogP contribution is 2.37. The Morgan fingerprint density at radius 1 is 0.772 bits per heavy atom. The maximum Gasteiger partial charge on any atom is 0.410 e. The van der Waals surface area contributed by atoms with Crippen molar-refractivity contribution in [1.29, 1.82) is 0 Å². The van der Waals surface area contributed by atoms with Gasteiger partial charge in [0.05, 0.1) is 66.9 Å². The van der Waals surface area contributed by atoms with Crippen LogP contribution in [0.2, 0.25) is 0 Å². The molecule has 0 radical (unpaired) electrons. The molecule has 0 bridgehead atoms. The SMILES string of the molecule is CC[C@@H](C)[C@H]([C@H](CC(=O)N1CCCC1[C@@H](OC)[C@H](C)C(=O)C[C@@H](C)[C@H](O)c1ccccc1)OC)N(C)C(=O)[C@H](NC(=O)[C@@H](C(C)C)N(C)C(=O)OC(Cc1cn(CCN(CC(=O)N(C)CC(=O)O)C(=O)Cc2ccc(CC(=O)CC(SC)C(=O)O)cc2)nn1)c1ccc(OC2OC(C(=O)O)C(O)C(O)C2O)c([N+](=O)[O-])c1)C(C)C. The zero-order valence-electron chi connectivity index (χ0n) is 66.8. The van der Waals surface area contributed by atoms with Crippen molar-refractivity contribution in [2.75, 3.05) is 67.8 Å². The second-order valence-electron chi connectivity index (χ2n) is 29.9. The number of nitro groups is 1. The van der Waals surface area contributed by atoms with E-state index in [0.29, 0.717) is 42.5 Å². The fourth-order valence-corrected chi connectivity index (χ4v) is 14.8. The molecule has 17 atom stereocenters. The molecule has 8 unspecified atom stereocenters. The zero-order chi connectivity index (χ0) is 84.9. The number of thioether (sulfide) groups is 1. The molecule has 6 amide bonds. The maximum atomic E-state index is 15.2. The number of likely N-dealkylation sites (tertiary alicyclic amines) is 1. The number of Topliss-reactive ketones (excluding diaryl/α,β-unsaturated/α-hetero) is 2. The lowest BCUT2D eigenvalue weighted by Crippen LogP contribution is -2.61. The first-order chi connectivity index (χ1) is 53.8. The number of carboxylic acid groups (broad SMARTS) is 3. The fourth-order valence-electron chi connectivity index (χ4n) is 14.3. The summed E-state index contributed by atoms with van der Waals surface area (Å²) in [4.78, 5) is 167. The van der Waals surface area contributed by atoms with E-state index in [2.05, 4.69) is 15.6 Å². The summed E-state index contributed by atoms with van der Waals surface area (Å²) >= 11 is 1.03. The van der Waals surface area contributed by atoms with Gasteiger partial charge in [-0.15, -0.1) is 16.9 Å². The summed E-state index contributed by atoms with van der Waals surface area (Å²) in [5, 5.41) is 94.7. The number of hydrogen-bond acceptors (Lipinski definition) is 25. The summed E-state index contributed by atoms with van der Waals surface area (Å²) in [5.74, 6) is -11.0. The van der Waals surface area contributed by atoms with E-state index in [1.807, 2.05) is 39.0 Å². The molecule has 0 aliphatic carbocycles. The van der Waals surface area contributed by atoms with E-state index >= 15 is 4.79 Å². The van der Waals surface area contributed by atoms with Gasteiger partial charge in [0.2, 0.25) is 35.8 Å². The number of aliphatic hydroxyl groups excluding tert-OH is 4. The Hall–Kier alpha value is -9.56. The third-order valence-electron chi connectivity index (χ3n) is 21.1. The number of rotatable bonds is 44. The van der Waals surface area contributed by atoms with E-state index in [-0.39, 0.29) is 79.8 Å². The number of carbonyl (C=O) groups is 11. The van der Waals surface area contributed by atoms with Gasteiger partial charge in [0.15, 0.2) is 11.9 Å². The Kier molecular flexibility index (Phi) is 35.4. The summed E-state index contributed by atoms with van der Waals surface area (Å²) in [6.45, 7) is 12.7. The van der Waals surface area contributed by atoms with E-state index in [0.717, 1.165) is 38.6 Å². The van der Waals surface area contributed by atoms with Crippen LogP contribution in [-0.2, 0) is 92.7 Å². The first-order valence-corrected chi connectivity index (χ1v) is 39.0. The monoisotopic (exact) mass is 1620 g/mol. The Balaban J connectivity index is 1.25.